The van der Waals surface area contributed by atoms with Crippen LogP contribution in [-0.4, -0.2) is 0 Å². The lowest BCUT2D eigenvalue weighted by atomic mass is 10.1. The molecule has 0 aromatic carbocycles. The summed E-state index contributed by atoms with van der Waals surface area (Å²) < 4.78 is 0. The molecule has 0 aromatic heterocycles. The van der Waals surface area contributed by atoms with E-state index in [1.54, 1.807) is 0 Å². The molecular weight excluding hydrogens is 192 g/mol. The fraction of sp³-hybridized carbons (Fsp3) is 0.750. The molecule has 0 bridgehead atoms. The van der Waals surface area contributed by atoms with Gasteiger partial charge in [0.25, 0.3) is 0 Å². The van der Waals surface area contributed by atoms with Gasteiger partial charge in [-0.3, -0.25) is 0 Å². The lowest BCUT2D eigenvalue weighted by molar-refractivity contribution is 0.577. The molecule has 0 spiro atoms. The van der Waals surface area contributed by atoms with Crippen LogP contribution in [0.25, 0.3) is 0 Å². The van der Waals surface area contributed by atoms with E-state index in [4.69, 9.17) is 6.42 Å². The van der Waals surface area contributed by atoms with Crippen LogP contribution in [0.3, 0.4) is 0 Å². The van der Waals surface area contributed by atoms with E-state index in [-0.39, 0.29) is 0 Å². The quantitative estimate of drug-likeness (QED) is 0.245. The van der Waals surface area contributed by atoms with Crippen LogP contribution < -0.4 is 0 Å². The van der Waals surface area contributed by atoms with Crippen LogP contribution in [0.2, 0.25) is 0 Å². The van der Waals surface area contributed by atoms with E-state index in [1.165, 1.54) is 57.8 Å². The minimum Gasteiger partial charge on any atom is -0.120 e. The summed E-state index contributed by atoms with van der Waals surface area (Å²) in [6.07, 6.45) is 24.1. The molecular formula is C16H28. The predicted molar refractivity (Wildman–Crippen MR) is 74.4 cm³/mol. The molecule has 0 unspecified atom stereocenters. The number of rotatable bonds is 11. The van der Waals surface area contributed by atoms with E-state index in [9.17, 15) is 0 Å². The first-order valence-corrected chi connectivity index (χ1v) is 7.00. The molecule has 0 fully saturated rings. The summed E-state index contributed by atoms with van der Waals surface area (Å²) in [7, 11) is 0. The first-order valence-electron chi connectivity index (χ1n) is 7.00. The SMILES string of the molecule is C#CCC/C=C/CCCCCCCCCC. The fourth-order valence-corrected chi connectivity index (χ4v) is 1.80. The second-order valence-electron chi connectivity index (χ2n) is 4.48. The van der Waals surface area contributed by atoms with Crippen molar-refractivity contribution in [1.29, 1.82) is 0 Å². The highest BCUT2D eigenvalue weighted by atomic mass is 14.0. The third-order valence-electron chi connectivity index (χ3n) is 2.85. The molecule has 0 aromatic rings. The van der Waals surface area contributed by atoms with E-state index < -0.39 is 0 Å². The van der Waals surface area contributed by atoms with Crippen LogP contribution in [-0.2, 0) is 0 Å². The van der Waals surface area contributed by atoms with E-state index in [0.29, 0.717) is 0 Å². The van der Waals surface area contributed by atoms with Gasteiger partial charge in [-0.2, -0.15) is 0 Å². The Morgan fingerprint density at radius 3 is 2.00 bits per heavy atom. The maximum absolute atomic E-state index is 5.18. The van der Waals surface area contributed by atoms with Crippen LogP contribution >= 0.6 is 0 Å². The number of unbranched alkanes of at least 4 members (excludes halogenated alkanes) is 9. The molecule has 0 saturated carbocycles. The summed E-state index contributed by atoms with van der Waals surface area (Å²) in [5.74, 6) is 2.65. The molecule has 16 heavy (non-hydrogen) atoms. The van der Waals surface area contributed by atoms with Crippen molar-refractivity contribution in [3.63, 3.8) is 0 Å². The summed E-state index contributed by atoms with van der Waals surface area (Å²) in [4.78, 5) is 0. The molecule has 0 aliphatic heterocycles. The van der Waals surface area contributed by atoms with Gasteiger partial charge in [-0.05, 0) is 19.3 Å². The fourth-order valence-electron chi connectivity index (χ4n) is 1.80. The molecule has 0 aliphatic rings. The Bertz CT molecular complexity index is 183. The summed E-state index contributed by atoms with van der Waals surface area (Å²) in [6, 6.07) is 0. The maximum atomic E-state index is 5.18. The van der Waals surface area contributed by atoms with Crippen LogP contribution in [0, 0.1) is 12.3 Å². The van der Waals surface area contributed by atoms with Crippen molar-refractivity contribution in [3.05, 3.63) is 12.2 Å². The summed E-state index contributed by atoms with van der Waals surface area (Å²) in [5.41, 5.74) is 0. The normalized spacial score (nSPS) is 10.8. The molecule has 0 aliphatic carbocycles. The van der Waals surface area contributed by atoms with Gasteiger partial charge < -0.3 is 0 Å². The van der Waals surface area contributed by atoms with Gasteiger partial charge in [0.2, 0.25) is 0 Å². The molecule has 0 N–H and O–H groups in total. The monoisotopic (exact) mass is 220 g/mol. The van der Waals surface area contributed by atoms with Gasteiger partial charge in [0, 0.05) is 6.42 Å². The second kappa shape index (κ2) is 14.3. The zero-order chi connectivity index (χ0) is 11.9. The van der Waals surface area contributed by atoms with Gasteiger partial charge in [0.1, 0.15) is 0 Å². The largest absolute Gasteiger partial charge is 0.120 e. The average molecular weight is 220 g/mol. The van der Waals surface area contributed by atoms with Gasteiger partial charge >= 0.3 is 0 Å². The summed E-state index contributed by atoms with van der Waals surface area (Å²) >= 11 is 0. The van der Waals surface area contributed by atoms with E-state index in [1.807, 2.05) is 0 Å². The van der Waals surface area contributed by atoms with Crippen molar-refractivity contribution in [1.82, 2.24) is 0 Å². The van der Waals surface area contributed by atoms with E-state index in [0.717, 1.165) is 12.8 Å². The topological polar surface area (TPSA) is 0 Å². The number of hydrogen-bond donors (Lipinski definition) is 0. The minimum absolute atomic E-state index is 0.883. The van der Waals surface area contributed by atoms with Crippen LogP contribution in [0.1, 0.15) is 77.6 Å². The zero-order valence-corrected chi connectivity index (χ0v) is 11.0. The Labute approximate surface area is 103 Å². The molecule has 0 heteroatoms. The second-order valence-corrected chi connectivity index (χ2v) is 4.48. The van der Waals surface area contributed by atoms with Gasteiger partial charge in [-0.1, -0.05) is 64.0 Å². The smallest absolute Gasteiger partial charge is 0.0121 e. The van der Waals surface area contributed by atoms with Crippen molar-refractivity contribution in [2.75, 3.05) is 0 Å². The highest BCUT2D eigenvalue weighted by molar-refractivity contribution is 4.90. The van der Waals surface area contributed by atoms with Gasteiger partial charge in [-0.15, -0.1) is 12.3 Å². The molecule has 0 atom stereocenters. The molecule has 0 radical (unpaired) electrons. The van der Waals surface area contributed by atoms with Gasteiger partial charge in [0.05, 0.1) is 0 Å². The molecule has 0 heterocycles. The Kier molecular flexibility index (Phi) is 13.7. The number of hydrogen-bond acceptors (Lipinski definition) is 0. The molecule has 92 valence electrons. The predicted octanol–water partition coefficient (Wildman–Crippen LogP) is 5.49. The van der Waals surface area contributed by atoms with E-state index >= 15 is 0 Å². The maximum Gasteiger partial charge on any atom is 0.0121 e. The third-order valence-corrected chi connectivity index (χ3v) is 2.85. The van der Waals surface area contributed by atoms with Crippen LogP contribution in [0.5, 0.6) is 0 Å². The number of terminal acetylenes is 1. The minimum atomic E-state index is 0.883. The first-order chi connectivity index (χ1) is 7.91. The van der Waals surface area contributed by atoms with Gasteiger partial charge in [-0.25, -0.2) is 0 Å². The highest BCUT2D eigenvalue weighted by Gasteiger charge is 1.90. The molecule has 0 rings (SSSR count). The first kappa shape index (κ1) is 15.3. The van der Waals surface area contributed by atoms with Crippen molar-refractivity contribution < 1.29 is 0 Å². The summed E-state index contributed by atoms with van der Waals surface area (Å²) in [5, 5.41) is 0. The zero-order valence-electron chi connectivity index (χ0n) is 11.0. The van der Waals surface area contributed by atoms with Crippen molar-refractivity contribution >= 4 is 0 Å². The van der Waals surface area contributed by atoms with E-state index in [2.05, 4.69) is 25.0 Å². The molecule has 0 nitrogen and oxygen atoms in total. The molecule has 0 saturated heterocycles. The Hall–Kier alpha value is -0.700. The Morgan fingerprint density at radius 2 is 1.38 bits per heavy atom. The lowest BCUT2D eigenvalue weighted by Gasteiger charge is -1.99. The average Bonchev–Trinajstić information content (AvgIpc) is 2.31. The van der Waals surface area contributed by atoms with Crippen molar-refractivity contribution in [2.24, 2.45) is 0 Å². The highest BCUT2D eigenvalue weighted by Crippen LogP contribution is 2.09. The Balaban J connectivity index is 2.98. The summed E-state index contributed by atoms with van der Waals surface area (Å²) in [6.45, 7) is 2.27. The molecule has 0 amide bonds. The number of allylic oxidation sites excluding steroid dienone is 2. The van der Waals surface area contributed by atoms with Crippen LogP contribution in [0.15, 0.2) is 12.2 Å². The standard InChI is InChI=1S/C16H28/c1-3-5-7-9-11-13-15-16-14-12-10-8-6-4-2/h1,9,11H,4-8,10,12-16H2,2H3/b11-9+. The third kappa shape index (κ3) is 13.3. The van der Waals surface area contributed by atoms with Crippen molar-refractivity contribution in [3.8, 4) is 12.3 Å². The van der Waals surface area contributed by atoms with Crippen LogP contribution in [0.4, 0.5) is 0 Å². The Morgan fingerprint density at radius 1 is 0.812 bits per heavy atom. The van der Waals surface area contributed by atoms with Crippen molar-refractivity contribution in [2.45, 2.75) is 77.6 Å². The van der Waals surface area contributed by atoms with Gasteiger partial charge in [0.15, 0.2) is 0 Å². The lowest BCUT2D eigenvalue weighted by Crippen LogP contribution is -1.79.